The van der Waals surface area contributed by atoms with Gasteiger partial charge in [0, 0.05) is 25.0 Å². The molecule has 0 radical (unpaired) electrons. The second-order valence-corrected chi connectivity index (χ2v) is 7.98. The summed E-state index contributed by atoms with van der Waals surface area (Å²) in [5, 5.41) is 0.194. The van der Waals surface area contributed by atoms with E-state index in [0.29, 0.717) is 5.69 Å². The number of hydrogen-bond donors (Lipinski definition) is 1. The highest BCUT2D eigenvalue weighted by Gasteiger charge is 2.17. The molecule has 4 nitrogen and oxygen atoms in total. The lowest BCUT2D eigenvalue weighted by atomic mass is 10.2. The summed E-state index contributed by atoms with van der Waals surface area (Å²) in [6.45, 7) is 0.769. The van der Waals surface area contributed by atoms with Crippen LogP contribution >= 0.6 is 11.6 Å². The molecule has 0 heterocycles. The van der Waals surface area contributed by atoms with Gasteiger partial charge in [-0.1, -0.05) is 54.1 Å². The van der Waals surface area contributed by atoms with E-state index in [-0.39, 0.29) is 9.92 Å². The largest absolute Gasteiger partial charge is 0.370 e. The lowest BCUT2D eigenvalue weighted by molar-refractivity contribution is 0.601. The topological polar surface area (TPSA) is 49.4 Å². The molecule has 0 aromatic heterocycles. The number of sulfonamides is 1. The average Bonchev–Trinajstić information content (AvgIpc) is 2.63. The monoisotopic (exact) mass is 386 g/mol. The fourth-order valence-electron chi connectivity index (χ4n) is 2.61. The Morgan fingerprint density at radius 2 is 1.50 bits per heavy atom. The lowest BCUT2D eigenvalue weighted by Gasteiger charge is -2.20. The molecule has 0 saturated heterocycles. The van der Waals surface area contributed by atoms with Crippen molar-refractivity contribution >= 4 is 33.0 Å². The van der Waals surface area contributed by atoms with Crippen LogP contribution in [0.3, 0.4) is 0 Å². The van der Waals surface area contributed by atoms with Gasteiger partial charge in [0.2, 0.25) is 0 Å². The Morgan fingerprint density at radius 1 is 0.885 bits per heavy atom. The highest BCUT2D eigenvalue weighted by molar-refractivity contribution is 7.92. The molecule has 26 heavy (non-hydrogen) atoms. The molecule has 0 aliphatic rings. The molecule has 0 aliphatic carbocycles. The zero-order chi connectivity index (χ0) is 18.6. The Kier molecular flexibility index (Phi) is 5.49. The molecule has 134 valence electrons. The molecule has 0 aliphatic heterocycles. The summed E-state index contributed by atoms with van der Waals surface area (Å²) in [7, 11) is -1.73. The molecule has 3 aromatic carbocycles. The van der Waals surface area contributed by atoms with E-state index in [1.54, 1.807) is 30.3 Å². The van der Waals surface area contributed by atoms with E-state index in [2.05, 4.69) is 21.8 Å². The van der Waals surface area contributed by atoms with Gasteiger partial charge in [0.25, 0.3) is 10.0 Å². The summed E-state index contributed by atoms with van der Waals surface area (Å²) in [4.78, 5) is 2.16. The zero-order valence-electron chi connectivity index (χ0n) is 14.3. The van der Waals surface area contributed by atoms with Gasteiger partial charge in [-0.2, -0.15) is 0 Å². The van der Waals surface area contributed by atoms with Crippen molar-refractivity contribution in [1.29, 1.82) is 0 Å². The summed E-state index contributed by atoms with van der Waals surface area (Å²) in [6.07, 6.45) is 0. The standard InChI is InChI=1S/C20H19ClN2O2S/c1-23(15-16-7-3-2-4-8-16)18-13-11-17(12-14-18)22-26(24,25)20-10-6-5-9-19(20)21/h2-14,22H,15H2,1H3. The number of nitrogens with zero attached hydrogens (tertiary/aromatic N) is 1. The van der Waals surface area contributed by atoms with E-state index in [9.17, 15) is 8.42 Å². The van der Waals surface area contributed by atoms with Gasteiger partial charge in [-0.3, -0.25) is 4.72 Å². The lowest BCUT2D eigenvalue weighted by Crippen LogP contribution is -2.16. The fraction of sp³-hybridized carbons (Fsp3) is 0.100. The van der Waals surface area contributed by atoms with Gasteiger partial charge < -0.3 is 4.90 Å². The first kappa shape index (κ1) is 18.3. The van der Waals surface area contributed by atoms with Crippen molar-refractivity contribution in [1.82, 2.24) is 0 Å². The summed E-state index contributed by atoms with van der Waals surface area (Å²) in [6, 6.07) is 23.8. The molecule has 1 N–H and O–H groups in total. The van der Waals surface area contributed by atoms with Crippen LogP contribution in [-0.2, 0) is 16.6 Å². The third-order valence-electron chi connectivity index (χ3n) is 3.95. The van der Waals surface area contributed by atoms with E-state index in [1.807, 2.05) is 37.4 Å². The van der Waals surface area contributed by atoms with Gasteiger partial charge in [-0.25, -0.2) is 8.42 Å². The second-order valence-electron chi connectivity index (χ2n) is 5.92. The van der Waals surface area contributed by atoms with Gasteiger partial charge >= 0.3 is 0 Å². The second kappa shape index (κ2) is 7.81. The number of halogens is 1. The molecule has 6 heteroatoms. The summed E-state index contributed by atoms with van der Waals surface area (Å²) in [5.74, 6) is 0. The van der Waals surface area contributed by atoms with Gasteiger partial charge in [-0.15, -0.1) is 0 Å². The molecule has 0 spiro atoms. The maximum atomic E-state index is 12.5. The quantitative estimate of drug-likeness (QED) is 0.663. The van der Waals surface area contributed by atoms with E-state index >= 15 is 0 Å². The van der Waals surface area contributed by atoms with Crippen LogP contribution in [0, 0.1) is 0 Å². The van der Waals surface area contributed by atoms with Crippen molar-refractivity contribution in [2.45, 2.75) is 11.4 Å². The summed E-state index contributed by atoms with van der Waals surface area (Å²) >= 11 is 5.99. The SMILES string of the molecule is CN(Cc1ccccc1)c1ccc(NS(=O)(=O)c2ccccc2Cl)cc1. The number of anilines is 2. The van der Waals surface area contributed by atoms with Crippen molar-refractivity contribution < 1.29 is 8.42 Å². The Balaban J connectivity index is 1.72. The van der Waals surface area contributed by atoms with Gasteiger partial charge in [0.1, 0.15) is 4.90 Å². The zero-order valence-corrected chi connectivity index (χ0v) is 15.8. The Bertz CT molecular complexity index is 974. The van der Waals surface area contributed by atoms with Crippen LogP contribution in [0.1, 0.15) is 5.56 Å². The maximum absolute atomic E-state index is 12.5. The predicted molar refractivity (Wildman–Crippen MR) is 107 cm³/mol. The molecule has 0 amide bonds. The maximum Gasteiger partial charge on any atom is 0.263 e. The third kappa shape index (κ3) is 4.36. The Hall–Kier alpha value is -2.50. The molecule has 0 saturated carbocycles. The number of hydrogen-bond acceptors (Lipinski definition) is 3. The minimum Gasteiger partial charge on any atom is -0.370 e. The fourth-order valence-corrected chi connectivity index (χ4v) is 4.18. The van der Waals surface area contributed by atoms with E-state index in [0.717, 1.165) is 12.2 Å². The van der Waals surface area contributed by atoms with Gasteiger partial charge in [0.05, 0.1) is 5.02 Å². The van der Waals surface area contributed by atoms with Gasteiger partial charge in [0.15, 0.2) is 0 Å². The number of rotatable bonds is 6. The first-order valence-electron chi connectivity index (χ1n) is 8.08. The number of benzene rings is 3. The average molecular weight is 387 g/mol. The summed E-state index contributed by atoms with van der Waals surface area (Å²) in [5.41, 5.74) is 2.69. The Labute approximate surface area is 159 Å². The summed E-state index contributed by atoms with van der Waals surface area (Å²) < 4.78 is 27.5. The van der Waals surface area contributed by atoms with Gasteiger partial charge in [-0.05, 0) is 42.0 Å². The van der Waals surface area contributed by atoms with Crippen LogP contribution < -0.4 is 9.62 Å². The van der Waals surface area contributed by atoms with Crippen LogP contribution in [0.4, 0.5) is 11.4 Å². The van der Waals surface area contributed by atoms with E-state index in [1.165, 1.54) is 11.6 Å². The van der Waals surface area contributed by atoms with Crippen LogP contribution in [0.2, 0.25) is 5.02 Å². The van der Waals surface area contributed by atoms with E-state index < -0.39 is 10.0 Å². The predicted octanol–water partition coefficient (Wildman–Crippen LogP) is 4.78. The van der Waals surface area contributed by atoms with Crippen LogP contribution in [0.15, 0.2) is 83.8 Å². The van der Waals surface area contributed by atoms with Crippen molar-refractivity contribution in [2.75, 3.05) is 16.7 Å². The molecular formula is C20H19ClN2O2S. The first-order chi connectivity index (χ1) is 12.5. The highest BCUT2D eigenvalue weighted by Crippen LogP contribution is 2.25. The van der Waals surface area contributed by atoms with Crippen LogP contribution in [-0.4, -0.2) is 15.5 Å². The van der Waals surface area contributed by atoms with Crippen molar-refractivity contribution in [3.8, 4) is 0 Å². The van der Waals surface area contributed by atoms with Crippen molar-refractivity contribution in [2.24, 2.45) is 0 Å². The molecule has 0 fully saturated rings. The normalized spacial score (nSPS) is 11.2. The van der Waals surface area contributed by atoms with E-state index in [4.69, 9.17) is 11.6 Å². The van der Waals surface area contributed by atoms with Crippen LogP contribution in [0.5, 0.6) is 0 Å². The molecule has 0 unspecified atom stereocenters. The molecule has 0 atom stereocenters. The molecule has 3 rings (SSSR count). The van der Waals surface area contributed by atoms with Crippen molar-refractivity contribution in [3.63, 3.8) is 0 Å². The highest BCUT2D eigenvalue weighted by atomic mass is 35.5. The molecule has 3 aromatic rings. The smallest absolute Gasteiger partial charge is 0.263 e. The first-order valence-corrected chi connectivity index (χ1v) is 9.94. The molecular weight excluding hydrogens is 368 g/mol. The number of nitrogens with one attached hydrogen (secondary N) is 1. The minimum atomic E-state index is -3.72. The Morgan fingerprint density at radius 3 is 2.15 bits per heavy atom. The third-order valence-corrected chi connectivity index (χ3v) is 5.83. The molecule has 0 bridgehead atoms. The van der Waals surface area contributed by atoms with Crippen molar-refractivity contribution in [3.05, 3.63) is 89.4 Å². The van der Waals surface area contributed by atoms with Crippen LogP contribution in [0.25, 0.3) is 0 Å². The minimum absolute atomic E-state index is 0.0620.